The van der Waals surface area contributed by atoms with Gasteiger partial charge in [-0.05, 0) is 32.2 Å². The summed E-state index contributed by atoms with van der Waals surface area (Å²) in [5, 5.41) is 7.33. The van der Waals surface area contributed by atoms with Crippen LogP contribution in [0.25, 0.3) is 0 Å². The molecule has 1 aromatic heterocycles. The molecule has 3 heterocycles. The first kappa shape index (κ1) is 13.9. The third-order valence-electron chi connectivity index (χ3n) is 4.21. The molecule has 110 valence electrons. The third kappa shape index (κ3) is 2.83. The molecule has 0 amide bonds. The van der Waals surface area contributed by atoms with Crippen LogP contribution in [0.2, 0.25) is 5.02 Å². The summed E-state index contributed by atoms with van der Waals surface area (Å²) in [6.45, 7) is 5.42. The zero-order valence-corrected chi connectivity index (χ0v) is 12.7. The molecule has 0 spiro atoms. The second-order valence-corrected chi connectivity index (χ2v) is 6.01. The van der Waals surface area contributed by atoms with Gasteiger partial charge in [0.25, 0.3) is 0 Å². The van der Waals surface area contributed by atoms with E-state index < -0.39 is 0 Å². The minimum absolute atomic E-state index is 0.462. The van der Waals surface area contributed by atoms with E-state index in [4.69, 9.17) is 11.6 Å². The van der Waals surface area contributed by atoms with Gasteiger partial charge >= 0.3 is 0 Å². The Balaban J connectivity index is 1.69. The summed E-state index contributed by atoms with van der Waals surface area (Å²) >= 11 is 6.22. The van der Waals surface area contributed by atoms with Crippen molar-refractivity contribution in [2.24, 2.45) is 0 Å². The maximum Gasteiger partial charge on any atom is 0.224 e. The summed E-state index contributed by atoms with van der Waals surface area (Å²) in [4.78, 5) is 11.3. The van der Waals surface area contributed by atoms with Crippen molar-refractivity contribution in [1.82, 2.24) is 14.9 Å². The number of halogens is 1. The van der Waals surface area contributed by atoms with Crippen LogP contribution in [0.1, 0.15) is 32.6 Å². The number of hydrogen-bond donors (Lipinski definition) is 2. The van der Waals surface area contributed by atoms with Crippen molar-refractivity contribution >= 4 is 23.4 Å². The van der Waals surface area contributed by atoms with Gasteiger partial charge < -0.3 is 10.6 Å². The average molecular weight is 296 g/mol. The first-order valence-electron chi connectivity index (χ1n) is 7.55. The standard InChI is InChI=1S/C14H22ClN5/c1-2-6-16-14-17-9-10(15)13(19-14)18-11-5-8-20-7-3-4-12(11)20/h9,11-12H,2-8H2,1H3,(H2,16,17,18,19). The summed E-state index contributed by atoms with van der Waals surface area (Å²) in [7, 11) is 0. The average Bonchev–Trinajstić information content (AvgIpc) is 3.04. The summed E-state index contributed by atoms with van der Waals surface area (Å²) in [6.07, 6.45) is 6.48. The van der Waals surface area contributed by atoms with E-state index in [-0.39, 0.29) is 0 Å². The maximum atomic E-state index is 6.22. The van der Waals surface area contributed by atoms with E-state index in [2.05, 4.69) is 32.4 Å². The van der Waals surface area contributed by atoms with Gasteiger partial charge in [-0.25, -0.2) is 4.98 Å². The van der Waals surface area contributed by atoms with E-state index in [1.165, 1.54) is 32.4 Å². The lowest BCUT2D eigenvalue weighted by molar-refractivity contribution is 0.318. The van der Waals surface area contributed by atoms with Gasteiger partial charge in [0, 0.05) is 25.2 Å². The molecule has 1 aromatic rings. The topological polar surface area (TPSA) is 53.1 Å². The first-order valence-corrected chi connectivity index (χ1v) is 7.92. The molecule has 2 N–H and O–H groups in total. The number of fused-ring (bicyclic) bond motifs is 1. The third-order valence-corrected chi connectivity index (χ3v) is 4.48. The first-order chi connectivity index (χ1) is 9.78. The van der Waals surface area contributed by atoms with Crippen molar-refractivity contribution in [3.05, 3.63) is 11.2 Å². The van der Waals surface area contributed by atoms with Crippen LogP contribution >= 0.6 is 11.6 Å². The number of aromatic nitrogens is 2. The van der Waals surface area contributed by atoms with Crippen molar-refractivity contribution in [2.45, 2.75) is 44.7 Å². The van der Waals surface area contributed by atoms with Crippen molar-refractivity contribution in [1.29, 1.82) is 0 Å². The van der Waals surface area contributed by atoms with Crippen molar-refractivity contribution in [3.8, 4) is 0 Å². The van der Waals surface area contributed by atoms with Gasteiger partial charge in [-0.1, -0.05) is 18.5 Å². The highest BCUT2D eigenvalue weighted by molar-refractivity contribution is 6.32. The summed E-state index contributed by atoms with van der Waals surface area (Å²) < 4.78 is 0. The molecule has 6 heteroatoms. The van der Waals surface area contributed by atoms with Gasteiger partial charge in [-0.3, -0.25) is 4.90 Å². The van der Waals surface area contributed by atoms with Gasteiger partial charge in [-0.2, -0.15) is 4.98 Å². The Morgan fingerprint density at radius 1 is 1.40 bits per heavy atom. The fraction of sp³-hybridized carbons (Fsp3) is 0.714. The van der Waals surface area contributed by atoms with Gasteiger partial charge in [0.1, 0.15) is 5.02 Å². The predicted molar refractivity (Wildman–Crippen MR) is 82.4 cm³/mol. The lowest BCUT2D eigenvalue weighted by atomic mass is 10.1. The van der Waals surface area contributed by atoms with E-state index in [0.717, 1.165) is 18.8 Å². The van der Waals surface area contributed by atoms with Crippen LogP contribution in [-0.2, 0) is 0 Å². The number of hydrogen-bond acceptors (Lipinski definition) is 5. The van der Waals surface area contributed by atoms with Crippen LogP contribution < -0.4 is 10.6 Å². The molecule has 20 heavy (non-hydrogen) atoms. The molecule has 0 saturated carbocycles. The van der Waals surface area contributed by atoms with Gasteiger partial charge in [0.05, 0.1) is 6.20 Å². The SMILES string of the molecule is CCCNc1ncc(Cl)c(NC2CCN3CCCC23)n1. The number of nitrogens with one attached hydrogen (secondary N) is 2. The summed E-state index contributed by atoms with van der Waals surface area (Å²) in [5.41, 5.74) is 0. The lowest BCUT2D eigenvalue weighted by Crippen LogP contribution is -2.34. The quantitative estimate of drug-likeness (QED) is 0.874. The van der Waals surface area contributed by atoms with Crippen molar-refractivity contribution < 1.29 is 0 Å². The fourth-order valence-corrected chi connectivity index (χ4v) is 3.36. The molecule has 0 bridgehead atoms. The van der Waals surface area contributed by atoms with E-state index in [1.807, 2.05) is 0 Å². The minimum Gasteiger partial charge on any atom is -0.364 e. The summed E-state index contributed by atoms with van der Waals surface area (Å²) in [5.74, 6) is 1.42. The summed E-state index contributed by atoms with van der Waals surface area (Å²) in [6, 6.07) is 1.11. The Morgan fingerprint density at radius 2 is 2.30 bits per heavy atom. The molecule has 0 aliphatic carbocycles. The van der Waals surface area contributed by atoms with Gasteiger partial charge in [-0.15, -0.1) is 0 Å². The number of rotatable bonds is 5. The predicted octanol–water partition coefficient (Wildman–Crippen LogP) is 2.60. The number of anilines is 2. The zero-order chi connectivity index (χ0) is 13.9. The zero-order valence-electron chi connectivity index (χ0n) is 11.9. The molecule has 2 saturated heterocycles. The van der Waals surface area contributed by atoms with Gasteiger partial charge in [0.2, 0.25) is 5.95 Å². The Bertz CT molecular complexity index is 467. The molecule has 5 nitrogen and oxygen atoms in total. The molecule has 0 radical (unpaired) electrons. The highest BCUT2D eigenvalue weighted by atomic mass is 35.5. The van der Waals surface area contributed by atoms with E-state index in [9.17, 15) is 0 Å². The van der Waals surface area contributed by atoms with Crippen molar-refractivity contribution in [2.75, 3.05) is 30.3 Å². The van der Waals surface area contributed by atoms with E-state index >= 15 is 0 Å². The largest absolute Gasteiger partial charge is 0.364 e. The maximum absolute atomic E-state index is 6.22. The molecule has 2 unspecified atom stereocenters. The van der Waals surface area contributed by atoms with Crippen molar-refractivity contribution in [3.63, 3.8) is 0 Å². The molecule has 2 fully saturated rings. The van der Waals surface area contributed by atoms with Crippen LogP contribution in [0.5, 0.6) is 0 Å². The highest BCUT2D eigenvalue weighted by Gasteiger charge is 2.37. The van der Waals surface area contributed by atoms with Crippen LogP contribution in [0.4, 0.5) is 11.8 Å². The molecular weight excluding hydrogens is 274 g/mol. The fourth-order valence-electron chi connectivity index (χ4n) is 3.22. The Hall–Kier alpha value is -1.07. The van der Waals surface area contributed by atoms with Crippen LogP contribution in [0.15, 0.2) is 6.20 Å². The minimum atomic E-state index is 0.462. The van der Waals surface area contributed by atoms with Crippen LogP contribution in [-0.4, -0.2) is 46.6 Å². The van der Waals surface area contributed by atoms with E-state index in [1.54, 1.807) is 6.20 Å². The Morgan fingerprint density at radius 3 is 3.15 bits per heavy atom. The molecule has 2 aliphatic heterocycles. The molecule has 3 rings (SSSR count). The second-order valence-electron chi connectivity index (χ2n) is 5.60. The second kappa shape index (κ2) is 6.14. The van der Waals surface area contributed by atoms with Crippen LogP contribution in [0, 0.1) is 0 Å². The molecule has 2 atom stereocenters. The molecule has 0 aromatic carbocycles. The van der Waals surface area contributed by atoms with Crippen LogP contribution in [0.3, 0.4) is 0 Å². The van der Waals surface area contributed by atoms with E-state index in [0.29, 0.717) is 23.1 Å². The monoisotopic (exact) mass is 295 g/mol. The lowest BCUT2D eigenvalue weighted by Gasteiger charge is -2.22. The normalized spacial score (nSPS) is 25.7. The highest BCUT2D eigenvalue weighted by Crippen LogP contribution is 2.31. The smallest absolute Gasteiger partial charge is 0.224 e. The molecule has 2 aliphatic rings. The Labute approximate surface area is 125 Å². The number of nitrogens with zero attached hydrogens (tertiary/aromatic N) is 3. The Kier molecular flexibility index (Phi) is 4.27. The van der Waals surface area contributed by atoms with Gasteiger partial charge in [0.15, 0.2) is 5.82 Å². The molecular formula is C14H22ClN5.